The van der Waals surface area contributed by atoms with Gasteiger partial charge in [0.1, 0.15) is 18.2 Å². The summed E-state index contributed by atoms with van der Waals surface area (Å²) in [6.07, 6.45) is -6.83. The van der Waals surface area contributed by atoms with Crippen LogP contribution in [0, 0.1) is 0 Å². The number of carbonyl (C=O) groups is 11. The molecule has 0 spiro atoms. The molecule has 3 aromatic heterocycles. The standard InChI is InChI=1S/C31H38F3N7O4.C31H42N8O4.C28H33F3N6O4/c1-19(37)29(44)40-26(17-28(43)41(12-10-35)13-11-36)30(45)39-25(15-20-6-8-23(9-7-20)31(32,33)34)27(42)16-21-14-22-4-2-3-5-24(22)38-18-21;1-22(34)30(42)37-39(16-13-29(41)38(17-14-32)18-15-33)31(43)36-27(12-11-23-7-3-2-4-8-23)28(40)20-24-19-25-9-5-6-10-26(25)35-21-24;29-28(30,31)20-7-5-18(6-8-20)26(40)25(23(38)14-17-13-19-3-1-2-4-22(19)35-16-17)36-27(41)21(34)15-24(39)37(11-9-32)12-10-33/h2-9,14,18-19,25-26H,10-13,15-17,35-37H2,1H3,(H,39,45)(H,40,44);2-10,19,21-22,27H,11-18,20,32-34H2,1H3,(H,36,43)(H,37,42);1-8,13,16,21,25-26,40H,9-12,14-15,32-34H2,(H,36,41)/t19-,25+,26+;22-,27-;21-,25+,26?/m100/s1. The number of fused-ring (bicyclic) bond motifs is 3. The molecular formula is C90H113F6N21O12. The van der Waals surface area contributed by atoms with Crippen molar-refractivity contribution >= 4 is 97.4 Å². The number of aliphatic hydroxyl groups is 1. The highest BCUT2D eigenvalue weighted by Gasteiger charge is 2.37. The monoisotopic (exact) mass is 1790 g/mol. The van der Waals surface area contributed by atoms with E-state index in [1.807, 2.05) is 91.0 Å². The van der Waals surface area contributed by atoms with Crippen LogP contribution in [-0.4, -0.2) is 232 Å². The summed E-state index contributed by atoms with van der Waals surface area (Å²) in [4.78, 5) is 162. The van der Waals surface area contributed by atoms with E-state index >= 15 is 0 Å². The van der Waals surface area contributed by atoms with Crippen LogP contribution in [0.5, 0.6) is 0 Å². The number of Topliss-reactive ketones (excluding diaryl/α,β-unsaturated/α-hetero) is 3. The lowest BCUT2D eigenvalue weighted by Gasteiger charge is -2.28. The number of nitrogens with two attached hydrogens (primary N) is 9. The molecule has 0 bridgehead atoms. The van der Waals surface area contributed by atoms with Gasteiger partial charge in [0.15, 0.2) is 17.3 Å². The molecule has 129 heavy (non-hydrogen) atoms. The Morgan fingerprint density at radius 1 is 0.403 bits per heavy atom. The van der Waals surface area contributed by atoms with Crippen LogP contribution in [0.25, 0.3) is 32.7 Å². The highest BCUT2D eigenvalue weighted by Crippen LogP contribution is 2.32. The van der Waals surface area contributed by atoms with Gasteiger partial charge in [0.05, 0.1) is 77.3 Å². The minimum atomic E-state index is -4.60. The summed E-state index contributed by atoms with van der Waals surface area (Å²) in [5.41, 5.74) is 56.9. The number of para-hydroxylation sites is 3. The molecule has 24 N–H and O–H groups in total. The van der Waals surface area contributed by atoms with Crippen LogP contribution >= 0.6 is 0 Å². The smallest absolute Gasteiger partial charge is 0.386 e. The number of carbonyl (C=O) groups excluding carboxylic acids is 11. The Kier molecular flexibility index (Phi) is 41.1. The van der Waals surface area contributed by atoms with E-state index in [1.165, 1.54) is 53.1 Å². The number of ketones is 3. The fourth-order valence-corrected chi connectivity index (χ4v) is 13.4. The largest absolute Gasteiger partial charge is 0.416 e. The van der Waals surface area contributed by atoms with Gasteiger partial charge in [0.2, 0.25) is 35.4 Å². The van der Waals surface area contributed by atoms with Gasteiger partial charge in [-0.15, -0.1) is 0 Å². The number of urea groups is 1. The molecule has 6 aromatic carbocycles. The second kappa shape index (κ2) is 51.3. The molecule has 0 aliphatic heterocycles. The van der Waals surface area contributed by atoms with Crippen molar-refractivity contribution in [1.29, 1.82) is 0 Å². The van der Waals surface area contributed by atoms with Crippen LogP contribution < -0.4 is 78.3 Å². The quantitative estimate of drug-likeness (QED) is 0.0193. The number of hydrogen-bond donors (Lipinski definition) is 15. The lowest BCUT2D eigenvalue weighted by molar-refractivity contribution is -0.138. The van der Waals surface area contributed by atoms with Crippen molar-refractivity contribution in [2.45, 2.75) is 132 Å². The number of pyridine rings is 3. The molecule has 0 fully saturated rings. The Morgan fingerprint density at radius 3 is 1.23 bits per heavy atom. The number of amides is 9. The molecule has 33 nitrogen and oxygen atoms in total. The second-order valence-corrected chi connectivity index (χ2v) is 30.5. The van der Waals surface area contributed by atoms with Crippen LogP contribution in [0.2, 0.25) is 0 Å². The van der Waals surface area contributed by atoms with Crippen molar-refractivity contribution in [3.05, 3.63) is 233 Å². The van der Waals surface area contributed by atoms with Gasteiger partial charge in [-0.25, -0.2) is 9.80 Å². The van der Waals surface area contributed by atoms with Gasteiger partial charge < -0.3 is 92.7 Å². The third kappa shape index (κ3) is 33.2. The third-order valence-electron chi connectivity index (χ3n) is 20.4. The van der Waals surface area contributed by atoms with E-state index in [0.29, 0.717) is 48.1 Å². The zero-order valence-corrected chi connectivity index (χ0v) is 71.6. The summed E-state index contributed by atoms with van der Waals surface area (Å²) in [6, 6.07) is 35.8. The molecule has 0 saturated heterocycles. The first-order valence-electron chi connectivity index (χ1n) is 41.7. The highest BCUT2D eigenvalue weighted by molar-refractivity contribution is 5.98. The summed E-state index contributed by atoms with van der Waals surface area (Å²) in [5.74, 6) is -5.65. The molecule has 692 valence electrons. The maximum Gasteiger partial charge on any atom is 0.416 e. The molecule has 0 saturated carbocycles. The summed E-state index contributed by atoms with van der Waals surface area (Å²) in [5, 5.41) is 24.8. The lowest BCUT2D eigenvalue weighted by atomic mass is 9.94. The van der Waals surface area contributed by atoms with Crippen molar-refractivity contribution in [3.8, 4) is 0 Å². The molecule has 3 heterocycles. The number of nitrogens with zero attached hydrogens (tertiary/aromatic N) is 7. The predicted molar refractivity (Wildman–Crippen MR) is 474 cm³/mol. The van der Waals surface area contributed by atoms with Crippen molar-refractivity contribution in [3.63, 3.8) is 0 Å². The molecule has 9 rings (SSSR count). The number of halogens is 6. The van der Waals surface area contributed by atoms with Gasteiger partial charge in [-0.3, -0.25) is 68.3 Å². The second-order valence-electron chi connectivity index (χ2n) is 30.5. The minimum Gasteiger partial charge on any atom is -0.386 e. The van der Waals surface area contributed by atoms with Crippen molar-refractivity contribution < 1.29 is 84.2 Å². The van der Waals surface area contributed by atoms with Gasteiger partial charge in [-0.05, 0) is 127 Å². The molecule has 0 aliphatic carbocycles. The number of aliphatic hydroxyl groups excluding tert-OH is 1. The van der Waals surface area contributed by atoms with E-state index in [2.05, 4.69) is 41.6 Å². The molecule has 0 radical (unpaired) electrons. The zero-order valence-electron chi connectivity index (χ0n) is 71.6. The normalized spacial score (nSPS) is 13.2. The van der Waals surface area contributed by atoms with Crippen LogP contribution in [-0.2, 0) is 92.4 Å². The molecule has 1 unspecified atom stereocenters. The van der Waals surface area contributed by atoms with E-state index < -0.39 is 138 Å². The van der Waals surface area contributed by atoms with Crippen LogP contribution in [0.3, 0.4) is 0 Å². The van der Waals surface area contributed by atoms with Gasteiger partial charge in [-0.2, -0.15) is 26.3 Å². The first-order valence-corrected chi connectivity index (χ1v) is 41.7. The average Bonchev–Trinajstić information content (AvgIpc) is 0.819. The number of hydrazine groups is 1. The average molecular weight is 1800 g/mol. The maximum absolute atomic E-state index is 13.6. The first kappa shape index (κ1) is 103. The number of rotatable bonds is 43. The van der Waals surface area contributed by atoms with E-state index in [9.17, 15) is 84.2 Å². The van der Waals surface area contributed by atoms with E-state index in [-0.39, 0.29) is 121 Å². The Labute approximate surface area is 741 Å². The molecular weight excluding hydrogens is 1680 g/mol. The van der Waals surface area contributed by atoms with Gasteiger partial charge >= 0.3 is 18.4 Å². The molecule has 8 atom stereocenters. The number of benzene rings is 6. The van der Waals surface area contributed by atoms with Gasteiger partial charge in [0.25, 0.3) is 5.91 Å². The Morgan fingerprint density at radius 2 is 0.798 bits per heavy atom. The fraction of sp³-hybridized carbons (Fsp3) is 0.378. The molecule has 0 aliphatic rings. The number of aromatic nitrogens is 3. The summed E-state index contributed by atoms with van der Waals surface area (Å²) < 4.78 is 78.5. The first-order chi connectivity index (χ1) is 61.5. The van der Waals surface area contributed by atoms with E-state index in [0.717, 1.165) is 79.7 Å². The number of hydrogen-bond acceptors (Lipinski definition) is 24. The Bertz CT molecular complexity index is 5200. The van der Waals surface area contributed by atoms with Gasteiger partial charge in [-0.1, -0.05) is 109 Å². The van der Waals surface area contributed by atoms with Crippen LogP contribution in [0.1, 0.15) is 90.1 Å². The zero-order chi connectivity index (χ0) is 94.5. The molecule has 9 amide bonds. The van der Waals surface area contributed by atoms with Gasteiger partial charge in [0, 0.05) is 139 Å². The molecule has 9 aromatic rings. The molecule has 39 heteroatoms. The van der Waals surface area contributed by atoms with Crippen molar-refractivity contribution in [2.24, 2.45) is 51.6 Å². The topological polar surface area (TPSA) is 554 Å². The third-order valence-corrected chi connectivity index (χ3v) is 20.4. The summed E-state index contributed by atoms with van der Waals surface area (Å²) >= 11 is 0. The van der Waals surface area contributed by atoms with Crippen LogP contribution in [0.15, 0.2) is 188 Å². The Balaban J connectivity index is 0.000000265. The van der Waals surface area contributed by atoms with E-state index in [1.54, 1.807) is 36.5 Å². The minimum absolute atomic E-state index is 0.0324. The lowest BCUT2D eigenvalue weighted by Crippen LogP contribution is -2.57. The maximum atomic E-state index is 13.6. The highest BCUT2D eigenvalue weighted by atomic mass is 19.4. The summed E-state index contributed by atoms with van der Waals surface area (Å²) in [7, 11) is 0. The number of aryl methyl sites for hydroxylation is 1. The SMILES string of the molecule is C[C@@H](N)C(=O)N[C@@H](CC(=O)N(CCN)CCN)C(=O)N[C@@H](Cc1ccc(C(F)(F)F)cc1)C(=O)Cc1cnc2ccccc2c1.C[C@H](N)C(=O)NN(CCC(=O)N(CCN)CCN)C(=O)N[C@@H](CCc1ccccc1)C(=O)Cc1cnc2ccccc2c1.NCCN(CCN)C(=O)C[C@H](N)C(=O)N[C@H](C(=O)Cc1cnc2ccccc2c1)C(O)c1ccc(C(F)(F)F)cc1. The van der Waals surface area contributed by atoms with Crippen molar-refractivity contribution in [1.82, 2.24) is 61.4 Å². The fourth-order valence-electron chi connectivity index (χ4n) is 13.4. The van der Waals surface area contributed by atoms with E-state index in [4.69, 9.17) is 51.6 Å². The van der Waals surface area contributed by atoms with Crippen molar-refractivity contribution in [2.75, 3.05) is 85.1 Å². The number of nitrogens with one attached hydrogen (secondary N) is 5. The predicted octanol–water partition coefficient (Wildman–Crippen LogP) is 2.98. The summed E-state index contributed by atoms with van der Waals surface area (Å²) in [6.45, 7) is 5.25. The van der Waals surface area contributed by atoms with Crippen LogP contribution in [0.4, 0.5) is 31.1 Å². The Hall–Kier alpha value is -12.7. The number of alkyl halides is 6.